The number of carbonyl (C=O) groups is 3. The summed E-state index contributed by atoms with van der Waals surface area (Å²) in [5.41, 5.74) is 0. The van der Waals surface area contributed by atoms with E-state index in [1.807, 2.05) is 6.92 Å². The number of imide groups is 1. The maximum atomic E-state index is 12.4. The molecule has 0 saturated carbocycles. The first-order valence-electron chi connectivity index (χ1n) is 7.65. The molecule has 1 unspecified atom stereocenters. The molecule has 2 saturated heterocycles. The number of piperidine rings is 1. The van der Waals surface area contributed by atoms with Crippen LogP contribution in [0.2, 0.25) is 0 Å². The molecule has 2 N–H and O–H groups in total. The number of carbonyl (C=O) groups excluding carboxylic acids is 3. The molecule has 3 amide bonds. The molecule has 3 atom stereocenters. The average molecular weight is 298 g/mol. The molecule has 21 heavy (non-hydrogen) atoms. The second kappa shape index (κ2) is 6.89. The van der Waals surface area contributed by atoms with E-state index in [0.29, 0.717) is 26.2 Å². The highest BCUT2D eigenvalue weighted by Gasteiger charge is 2.38. The van der Waals surface area contributed by atoms with Crippen molar-refractivity contribution in [2.45, 2.75) is 32.7 Å². The largest absolute Gasteiger partial charge is 0.466 e. The molecule has 0 bridgehead atoms. The Bertz CT molecular complexity index is 426. The number of likely N-dealkylation sites (tertiary alicyclic amines) is 1. The molecule has 2 aliphatic heterocycles. The van der Waals surface area contributed by atoms with E-state index in [1.165, 1.54) is 4.90 Å². The second-order valence-corrected chi connectivity index (χ2v) is 5.65. The third-order valence-electron chi connectivity index (χ3n) is 4.28. The molecular weight excluding hydrogens is 274 g/mol. The SMILES string of the molecule is CCOC(=O)[C@H]1CCC[NH+]([C@@H](C)C(=O)N2CCNC2=O)C1. The zero-order valence-corrected chi connectivity index (χ0v) is 12.7. The third kappa shape index (κ3) is 3.53. The summed E-state index contributed by atoms with van der Waals surface area (Å²) < 4.78 is 5.08. The molecule has 118 valence electrons. The fourth-order valence-electron chi connectivity index (χ4n) is 3.04. The summed E-state index contributed by atoms with van der Waals surface area (Å²) in [6.07, 6.45) is 1.70. The highest BCUT2D eigenvalue weighted by molar-refractivity contribution is 5.97. The van der Waals surface area contributed by atoms with Gasteiger partial charge in [-0.25, -0.2) is 4.79 Å². The first-order valence-corrected chi connectivity index (χ1v) is 7.65. The Balaban J connectivity index is 1.95. The van der Waals surface area contributed by atoms with Gasteiger partial charge in [0.25, 0.3) is 5.91 Å². The lowest BCUT2D eigenvalue weighted by molar-refractivity contribution is -0.921. The number of esters is 1. The predicted molar refractivity (Wildman–Crippen MR) is 74.6 cm³/mol. The summed E-state index contributed by atoms with van der Waals surface area (Å²) in [4.78, 5) is 38.1. The normalized spacial score (nSPS) is 27.1. The Hall–Kier alpha value is -1.63. The molecule has 7 nitrogen and oxygen atoms in total. The number of hydrogen-bond acceptors (Lipinski definition) is 4. The Morgan fingerprint density at radius 3 is 2.90 bits per heavy atom. The maximum absolute atomic E-state index is 12.4. The summed E-state index contributed by atoms with van der Waals surface area (Å²) in [5, 5.41) is 2.63. The third-order valence-corrected chi connectivity index (χ3v) is 4.28. The van der Waals surface area contributed by atoms with Crippen LogP contribution in [0, 0.1) is 5.92 Å². The maximum Gasteiger partial charge on any atom is 0.324 e. The van der Waals surface area contributed by atoms with Crippen LogP contribution in [-0.4, -0.2) is 61.6 Å². The minimum absolute atomic E-state index is 0.142. The highest BCUT2D eigenvalue weighted by Crippen LogP contribution is 2.10. The number of nitrogens with one attached hydrogen (secondary N) is 2. The van der Waals surface area contributed by atoms with E-state index in [1.54, 1.807) is 6.92 Å². The lowest BCUT2D eigenvalue weighted by Gasteiger charge is -2.33. The van der Waals surface area contributed by atoms with Gasteiger partial charge in [0.05, 0.1) is 19.7 Å². The van der Waals surface area contributed by atoms with Crippen LogP contribution in [0.3, 0.4) is 0 Å². The summed E-state index contributed by atoms with van der Waals surface area (Å²) >= 11 is 0. The van der Waals surface area contributed by atoms with Crippen molar-refractivity contribution in [3.8, 4) is 0 Å². The van der Waals surface area contributed by atoms with E-state index in [2.05, 4.69) is 5.32 Å². The molecular formula is C14H24N3O4+. The van der Waals surface area contributed by atoms with Crippen LogP contribution in [0.15, 0.2) is 0 Å². The van der Waals surface area contributed by atoms with Gasteiger partial charge in [0, 0.05) is 13.1 Å². The molecule has 7 heteroatoms. The van der Waals surface area contributed by atoms with Gasteiger partial charge in [0.15, 0.2) is 6.04 Å². The number of rotatable bonds is 4. The Morgan fingerprint density at radius 1 is 1.52 bits per heavy atom. The van der Waals surface area contributed by atoms with E-state index >= 15 is 0 Å². The van der Waals surface area contributed by atoms with E-state index in [4.69, 9.17) is 4.74 Å². The number of nitrogens with zero attached hydrogens (tertiary/aromatic N) is 1. The van der Waals surface area contributed by atoms with Crippen molar-refractivity contribution in [3.63, 3.8) is 0 Å². The number of quaternary nitrogens is 1. The molecule has 0 aliphatic carbocycles. The van der Waals surface area contributed by atoms with Crippen molar-refractivity contribution in [2.75, 3.05) is 32.8 Å². The van der Waals surface area contributed by atoms with Crippen LogP contribution in [0.1, 0.15) is 26.7 Å². The molecule has 2 heterocycles. The monoisotopic (exact) mass is 298 g/mol. The van der Waals surface area contributed by atoms with Crippen LogP contribution >= 0.6 is 0 Å². The van der Waals surface area contributed by atoms with Gasteiger partial charge in [0.1, 0.15) is 5.92 Å². The van der Waals surface area contributed by atoms with Crippen LogP contribution in [0.5, 0.6) is 0 Å². The number of urea groups is 1. The van der Waals surface area contributed by atoms with E-state index < -0.39 is 0 Å². The van der Waals surface area contributed by atoms with Crippen molar-refractivity contribution < 1.29 is 24.0 Å². The minimum Gasteiger partial charge on any atom is -0.466 e. The molecule has 0 radical (unpaired) electrons. The standard InChI is InChI=1S/C14H23N3O4/c1-3-21-13(19)11-5-4-7-16(9-11)10(2)12(18)17-8-6-15-14(17)20/h10-11H,3-9H2,1-2H3,(H,15,20)/p+1/t10-,11-/m0/s1. The molecule has 0 aromatic heterocycles. The van der Waals surface area contributed by atoms with Gasteiger partial charge in [-0.2, -0.15) is 0 Å². The first-order chi connectivity index (χ1) is 10.0. The average Bonchev–Trinajstić information content (AvgIpc) is 2.92. The molecule has 0 spiro atoms. The fourth-order valence-corrected chi connectivity index (χ4v) is 3.04. The summed E-state index contributed by atoms with van der Waals surface area (Å²) in [6, 6.07) is -0.628. The molecule has 0 aromatic rings. The molecule has 2 rings (SSSR count). The van der Waals surface area contributed by atoms with E-state index in [-0.39, 0.29) is 29.9 Å². The lowest BCUT2D eigenvalue weighted by atomic mass is 9.97. The Morgan fingerprint density at radius 2 is 2.29 bits per heavy atom. The van der Waals surface area contributed by atoms with Crippen LogP contribution in [-0.2, 0) is 14.3 Å². The van der Waals surface area contributed by atoms with Crippen molar-refractivity contribution in [1.29, 1.82) is 0 Å². The summed E-state index contributed by atoms with van der Waals surface area (Å²) in [7, 11) is 0. The zero-order chi connectivity index (χ0) is 15.4. The van der Waals surface area contributed by atoms with Crippen LogP contribution in [0.4, 0.5) is 4.79 Å². The van der Waals surface area contributed by atoms with Crippen molar-refractivity contribution in [3.05, 3.63) is 0 Å². The molecule has 0 aromatic carbocycles. The Kier molecular flexibility index (Phi) is 5.17. The zero-order valence-electron chi connectivity index (χ0n) is 12.7. The van der Waals surface area contributed by atoms with Crippen molar-refractivity contribution >= 4 is 17.9 Å². The summed E-state index contributed by atoms with van der Waals surface area (Å²) in [6.45, 7) is 6.39. The van der Waals surface area contributed by atoms with Gasteiger partial charge in [-0.1, -0.05) is 0 Å². The minimum atomic E-state index is -0.315. The quantitative estimate of drug-likeness (QED) is 0.638. The smallest absolute Gasteiger partial charge is 0.324 e. The predicted octanol–water partition coefficient (Wildman–Crippen LogP) is -1.22. The lowest BCUT2D eigenvalue weighted by Crippen LogP contribution is -3.18. The van der Waals surface area contributed by atoms with Gasteiger partial charge in [-0.3, -0.25) is 14.5 Å². The van der Waals surface area contributed by atoms with E-state index in [9.17, 15) is 14.4 Å². The van der Waals surface area contributed by atoms with Crippen molar-refractivity contribution in [2.24, 2.45) is 5.92 Å². The summed E-state index contributed by atoms with van der Waals surface area (Å²) in [5.74, 6) is -0.478. The van der Waals surface area contributed by atoms with Gasteiger partial charge < -0.3 is 15.0 Å². The second-order valence-electron chi connectivity index (χ2n) is 5.65. The molecule has 2 fully saturated rings. The number of ether oxygens (including phenoxy) is 1. The van der Waals surface area contributed by atoms with E-state index in [0.717, 1.165) is 24.3 Å². The van der Waals surface area contributed by atoms with Crippen LogP contribution < -0.4 is 10.2 Å². The number of amides is 3. The highest BCUT2D eigenvalue weighted by atomic mass is 16.5. The topological polar surface area (TPSA) is 80.2 Å². The fraction of sp³-hybridized carbons (Fsp3) is 0.786. The van der Waals surface area contributed by atoms with Gasteiger partial charge in [-0.15, -0.1) is 0 Å². The first kappa shape index (κ1) is 15.8. The van der Waals surface area contributed by atoms with Crippen molar-refractivity contribution in [1.82, 2.24) is 10.2 Å². The van der Waals surface area contributed by atoms with Gasteiger partial charge >= 0.3 is 12.0 Å². The molecule has 2 aliphatic rings. The van der Waals surface area contributed by atoms with Gasteiger partial charge in [-0.05, 0) is 26.7 Å². The Labute approximate surface area is 124 Å². The number of hydrogen-bond donors (Lipinski definition) is 2. The van der Waals surface area contributed by atoms with Gasteiger partial charge in [0.2, 0.25) is 0 Å². The van der Waals surface area contributed by atoms with Crippen LogP contribution in [0.25, 0.3) is 0 Å².